The molecule has 0 saturated carbocycles. The molecule has 1 aromatic heterocycles. The lowest BCUT2D eigenvalue weighted by Gasteiger charge is -2.38. The lowest BCUT2D eigenvalue weighted by Crippen LogP contribution is -2.52. The molecule has 0 aliphatic carbocycles. The number of likely N-dealkylation sites (tertiary alicyclic amines) is 1. The van der Waals surface area contributed by atoms with Crippen molar-refractivity contribution in [2.24, 2.45) is 11.7 Å². The molecule has 0 spiro atoms. The quantitative estimate of drug-likeness (QED) is 0.686. The molecule has 2 heterocycles. The number of hydrogen-bond acceptors (Lipinski definition) is 4. The fraction of sp³-hybridized carbons (Fsp3) is 0.444. The second kappa shape index (κ2) is 3.71. The molecule has 1 aromatic rings. The summed E-state index contributed by atoms with van der Waals surface area (Å²) in [6, 6.07) is 1.67. The molecule has 0 radical (unpaired) electrons. The molecular formula is C9H12N4O. The first-order valence-electron chi connectivity index (χ1n) is 4.57. The van der Waals surface area contributed by atoms with Gasteiger partial charge in [-0.2, -0.15) is 10.2 Å². The van der Waals surface area contributed by atoms with Crippen molar-refractivity contribution in [1.82, 2.24) is 15.1 Å². The van der Waals surface area contributed by atoms with Gasteiger partial charge in [-0.25, -0.2) is 0 Å². The van der Waals surface area contributed by atoms with Crippen molar-refractivity contribution >= 4 is 5.91 Å². The Morgan fingerprint density at radius 1 is 1.57 bits per heavy atom. The summed E-state index contributed by atoms with van der Waals surface area (Å²) >= 11 is 0. The van der Waals surface area contributed by atoms with Crippen molar-refractivity contribution in [3.8, 4) is 0 Å². The van der Waals surface area contributed by atoms with E-state index >= 15 is 0 Å². The lowest BCUT2D eigenvalue weighted by molar-refractivity contribution is 0.0515. The SMILES string of the molecule is NCC1CN(C(=O)c2ccnnc2)C1. The van der Waals surface area contributed by atoms with Gasteiger partial charge in [0.25, 0.3) is 5.91 Å². The molecule has 5 heteroatoms. The largest absolute Gasteiger partial charge is 0.338 e. The highest BCUT2D eigenvalue weighted by Gasteiger charge is 2.29. The summed E-state index contributed by atoms with van der Waals surface area (Å²) in [7, 11) is 0. The molecule has 1 saturated heterocycles. The number of nitrogens with two attached hydrogens (primary N) is 1. The number of aromatic nitrogens is 2. The van der Waals surface area contributed by atoms with Crippen molar-refractivity contribution < 1.29 is 4.79 Å². The van der Waals surface area contributed by atoms with Gasteiger partial charge in [-0.1, -0.05) is 0 Å². The standard InChI is InChI=1S/C9H12N4O/c10-3-7-5-13(6-7)9(14)8-1-2-11-12-4-8/h1-2,4,7H,3,5-6,10H2. The van der Waals surface area contributed by atoms with Gasteiger partial charge in [-0.15, -0.1) is 0 Å². The second-order valence-corrected chi connectivity index (χ2v) is 3.44. The molecule has 0 atom stereocenters. The van der Waals surface area contributed by atoms with Crippen LogP contribution in [0.4, 0.5) is 0 Å². The Morgan fingerprint density at radius 3 is 2.93 bits per heavy atom. The number of amides is 1. The van der Waals surface area contributed by atoms with Crippen molar-refractivity contribution in [2.45, 2.75) is 0 Å². The van der Waals surface area contributed by atoms with E-state index in [9.17, 15) is 4.79 Å². The van der Waals surface area contributed by atoms with Crippen molar-refractivity contribution in [3.63, 3.8) is 0 Å². The fourth-order valence-electron chi connectivity index (χ4n) is 1.48. The first-order valence-corrected chi connectivity index (χ1v) is 4.57. The fourth-order valence-corrected chi connectivity index (χ4v) is 1.48. The normalized spacial score (nSPS) is 16.5. The van der Waals surface area contributed by atoms with Gasteiger partial charge in [0, 0.05) is 19.0 Å². The average molecular weight is 192 g/mol. The average Bonchev–Trinajstić information content (AvgIpc) is 2.17. The number of hydrogen-bond donors (Lipinski definition) is 1. The summed E-state index contributed by atoms with van der Waals surface area (Å²) in [5.41, 5.74) is 6.07. The van der Waals surface area contributed by atoms with E-state index in [0.29, 0.717) is 18.0 Å². The summed E-state index contributed by atoms with van der Waals surface area (Å²) in [6.07, 6.45) is 3.01. The molecule has 1 aliphatic rings. The Hall–Kier alpha value is -1.49. The minimum atomic E-state index is 0.0181. The van der Waals surface area contributed by atoms with E-state index in [-0.39, 0.29) is 5.91 Å². The van der Waals surface area contributed by atoms with Crippen LogP contribution >= 0.6 is 0 Å². The van der Waals surface area contributed by atoms with Crippen LogP contribution in [-0.2, 0) is 0 Å². The van der Waals surface area contributed by atoms with Gasteiger partial charge >= 0.3 is 0 Å². The van der Waals surface area contributed by atoms with Crippen molar-refractivity contribution in [3.05, 3.63) is 24.0 Å². The molecule has 1 fully saturated rings. The van der Waals surface area contributed by atoms with Crippen LogP contribution in [0.15, 0.2) is 18.5 Å². The van der Waals surface area contributed by atoms with Crippen LogP contribution in [0.5, 0.6) is 0 Å². The summed E-state index contributed by atoms with van der Waals surface area (Å²) in [5.74, 6) is 0.485. The van der Waals surface area contributed by atoms with E-state index in [1.165, 1.54) is 12.4 Å². The zero-order valence-electron chi connectivity index (χ0n) is 7.76. The van der Waals surface area contributed by atoms with Gasteiger partial charge in [0.15, 0.2) is 0 Å². The molecule has 0 bridgehead atoms. The Balaban J connectivity index is 1.98. The summed E-state index contributed by atoms with van der Waals surface area (Å²) in [5, 5.41) is 7.28. The molecule has 74 valence electrons. The molecule has 0 unspecified atom stereocenters. The third-order valence-corrected chi connectivity index (χ3v) is 2.41. The zero-order chi connectivity index (χ0) is 9.97. The van der Waals surface area contributed by atoms with Gasteiger partial charge in [0.1, 0.15) is 0 Å². The van der Waals surface area contributed by atoms with E-state index in [1.54, 1.807) is 11.0 Å². The Bertz CT molecular complexity index is 321. The zero-order valence-corrected chi connectivity index (χ0v) is 7.76. The molecule has 0 aromatic carbocycles. The van der Waals surface area contributed by atoms with Gasteiger partial charge in [-0.05, 0) is 12.6 Å². The maximum Gasteiger partial charge on any atom is 0.255 e. The highest BCUT2D eigenvalue weighted by atomic mass is 16.2. The molecular weight excluding hydrogens is 180 g/mol. The summed E-state index contributed by atoms with van der Waals surface area (Å²) in [6.45, 7) is 2.17. The van der Waals surface area contributed by atoms with Crippen LogP contribution in [-0.4, -0.2) is 40.6 Å². The lowest BCUT2D eigenvalue weighted by atomic mass is 10.00. The van der Waals surface area contributed by atoms with E-state index in [1.807, 2.05) is 0 Å². The first-order chi connectivity index (χ1) is 6.81. The van der Waals surface area contributed by atoms with E-state index < -0.39 is 0 Å². The Labute approximate surface area is 81.9 Å². The molecule has 1 aliphatic heterocycles. The van der Waals surface area contributed by atoms with Gasteiger partial charge in [0.2, 0.25) is 0 Å². The molecule has 2 N–H and O–H groups in total. The third-order valence-electron chi connectivity index (χ3n) is 2.41. The highest BCUT2D eigenvalue weighted by Crippen LogP contribution is 2.16. The van der Waals surface area contributed by atoms with Gasteiger partial charge in [0.05, 0.1) is 18.0 Å². The van der Waals surface area contributed by atoms with Crippen LogP contribution in [0, 0.1) is 5.92 Å². The predicted molar refractivity (Wildman–Crippen MR) is 50.5 cm³/mol. The molecule has 2 rings (SSSR count). The third kappa shape index (κ3) is 1.58. The second-order valence-electron chi connectivity index (χ2n) is 3.44. The number of carbonyl (C=O) groups excluding carboxylic acids is 1. The van der Waals surface area contributed by atoms with Crippen LogP contribution < -0.4 is 5.73 Å². The van der Waals surface area contributed by atoms with E-state index in [0.717, 1.165) is 13.1 Å². The highest BCUT2D eigenvalue weighted by molar-refractivity contribution is 5.94. The molecule has 1 amide bonds. The number of rotatable bonds is 2. The van der Waals surface area contributed by atoms with Crippen molar-refractivity contribution in [2.75, 3.05) is 19.6 Å². The Kier molecular flexibility index (Phi) is 2.41. The monoisotopic (exact) mass is 192 g/mol. The molecule has 14 heavy (non-hydrogen) atoms. The topological polar surface area (TPSA) is 72.1 Å². The number of nitrogens with zero attached hydrogens (tertiary/aromatic N) is 3. The van der Waals surface area contributed by atoms with Crippen LogP contribution in [0.1, 0.15) is 10.4 Å². The smallest absolute Gasteiger partial charge is 0.255 e. The summed E-state index contributed by atoms with van der Waals surface area (Å²) < 4.78 is 0. The minimum Gasteiger partial charge on any atom is -0.338 e. The van der Waals surface area contributed by atoms with Crippen LogP contribution in [0.3, 0.4) is 0 Å². The Morgan fingerprint density at radius 2 is 2.36 bits per heavy atom. The van der Waals surface area contributed by atoms with E-state index in [2.05, 4.69) is 10.2 Å². The van der Waals surface area contributed by atoms with Crippen LogP contribution in [0.2, 0.25) is 0 Å². The maximum absolute atomic E-state index is 11.7. The van der Waals surface area contributed by atoms with Gasteiger partial charge < -0.3 is 10.6 Å². The van der Waals surface area contributed by atoms with E-state index in [4.69, 9.17) is 5.73 Å². The molecule has 5 nitrogen and oxygen atoms in total. The van der Waals surface area contributed by atoms with Gasteiger partial charge in [-0.3, -0.25) is 4.79 Å². The minimum absolute atomic E-state index is 0.0181. The predicted octanol–water partition coefficient (Wildman–Crippen LogP) is -0.493. The van der Waals surface area contributed by atoms with Crippen LogP contribution in [0.25, 0.3) is 0 Å². The maximum atomic E-state index is 11.7. The number of carbonyl (C=O) groups is 1. The van der Waals surface area contributed by atoms with Crippen molar-refractivity contribution in [1.29, 1.82) is 0 Å². The summed E-state index contributed by atoms with van der Waals surface area (Å²) in [4.78, 5) is 13.5. The first kappa shape index (κ1) is 9.08.